The normalized spacial score (nSPS) is 13.9. The van der Waals surface area contributed by atoms with E-state index in [-0.39, 0.29) is 12.2 Å². The lowest BCUT2D eigenvalue weighted by Gasteiger charge is -2.10. The first-order chi connectivity index (χ1) is 9.63. The van der Waals surface area contributed by atoms with Crippen LogP contribution in [-0.4, -0.2) is 32.9 Å². The van der Waals surface area contributed by atoms with Gasteiger partial charge in [0.15, 0.2) is 0 Å². The van der Waals surface area contributed by atoms with E-state index in [0.717, 1.165) is 12.0 Å². The quantitative estimate of drug-likeness (QED) is 0.577. The van der Waals surface area contributed by atoms with Crippen molar-refractivity contribution in [1.82, 2.24) is 0 Å². The van der Waals surface area contributed by atoms with Crippen LogP contribution in [0.5, 0.6) is 5.75 Å². The topological polar surface area (TPSA) is 97.7 Å². The number of hydrogen-bond donors (Lipinski definition) is 1. The van der Waals surface area contributed by atoms with E-state index in [1.807, 2.05) is 0 Å². The smallest absolute Gasteiger partial charge is 0.309 e. The monoisotopic (exact) mass is 336 g/mol. The van der Waals surface area contributed by atoms with E-state index < -0.39 is 31.7 Å². The molecule has 0 aliphatic carbocycles. The Morgan fingerprint density at radius 2 is 1.67 bits per heavy atom. The molecule has 8 heteroatoms. The summed E-state index contributed by atoms with van der Waals surface area (Å²) in [4.78, 5) is 0. The Kier molecular flexibility index (Phi) is 6.18. The van der Waals surface area contributed by atoms with Gasteiger partial charge in [0.2, 0.25) is 0 Å². The van der Waals surface area contributed by atoms with Crippen LogP contribution in [0.15, 0.2) is 24.3 Å². The molecule has 0 aliphatic rings. The first-order valence-electron chi connectivity index (χ1n) is 6.60. The van der Waals surface area contributed by atoms with Crippen LogP contribution in [0.3, 0.4) is 0 Å². The van der Waals surface area contributed by atoms with E-state index in [9.17, 15) is 16.8 Å². The largest absolute Gasteiger partial charge is 0.382 e. The SMILES string of the molecule is CCC(C)c1ccc(OS(=O)(=O)CCCS(=O)(=O)O)cc1. The molecule has 120 valence electrons. The lowest BCUT2D eigenvalue weighted by Crippen LogP contribution is -2.17. The van der Waals surface area contributed by atoms with Gasteiger partial charge >= 0.3 is 10.1 Å². The number of hydrogen-bond acceptors (Lipinski definition) is 5. The van der Waals surface area contributed by atoms with Gasteiger partial charge in [-0.2, -0.15) is 16.8 Å². The summed E-state index contributed by atoms with van der Waals surface area (Å²) in [5.41, 5.74) is 1.09. The minimum atomic E-state index is -4.16. The summed E-state index contributed by atoms with van der Waals surface area (Å²) in [6, 6.07) is 6.75. The van der Waals surface area contributed by atoms with Crippen molar-refractivity contribution < 1.29 is 25.6 Å². The maximum absolute atomic E-state index is 11.7. The van der Waals surface area contributed by atoms with Gasteiger partial charge in [0.1, 0.15) is 5.75 Å². The van der Waals surface area contributed by atoms with Crippen LogP contribution in [0.2, 0.25) is 0 Å². The standard InChI is InChI=1S/C13H20O6S2/c1-3-11(2)12-5-7-13(8-6-12)19-21(17,18)10-4-9-20(14,15)16/h5-8,11H,3-4,9-10H2,1-2H3,(H,14,15,16). The molecule has 1 atom stereocenters. The van der Waals surface area contributed by atoms with Gasteiger partial charge in [-0.1, -0.05) is 26.0 Å². The molecular weight excluding hydrogens is 316 g/mol. The van der Waals surface area contributed by atoms with E-state index in [1.165, 1.54) is 0 Å². The van der Waals surface area contributed by atoms with Crippen molar-refractivity contribution >= 4 is 20.2 Å². The summed E-state index contributed by atoms with van der Waals surface area (Å²) in [5, 5.41) is 0. The van der Waals surface area contributed by atoms with Crippen molar-refractivity contribution in [2.24, 2.45) is 0 Å². The molecule has 6 nitrogen and oxygen atoms in total. The Hall–Kier alpha value is -1.12. The third-order valence-electron chi connectivity index (χ3n) is 3.08. The summed E-state index contributed by atoms with van der Waals surface area (Å²) in [5.74, 6) is -0.512. The molecule has 0 radical (unpaired) electrons. The molecule has 0 fully saturated rings. The third-order valence-corrected chi connectivity index (χ3v) is 5.12. The van der Waals surface area contributed by atoms with Crippen LogP contribution in [0.1, 0.15) is 38.2 Å². The Morgan fingerprint density at radius 3 is 2.14 bits per heavy atom. The number of rotatable bonds is 8. The molecule has 1 unspecified atom stereocenters. The second kappa shape index (κ2) is 7.24. The second-order valence-corrected chi connectivity index (χ2v) is 8.13. The van der Waals surface area contributed by atoms with E-state index in [4.69, 9.17) is 8.74 Å². The molecule has 0 aromatic heterocycles. The minimum absolute atomic E-state index is 0.189. The van der Waals surface area contributed by atoms with Gasteiger partial charge in [-0.15, -0.1) is 0 Å². The summed E-state index contributed by atoms with van der Waals surface area (Å²) < 4.78 is 57.8. The van der Waals surface area contributed by atoms with Crippen molar-refractivity contribution in [3.8, 4) is 5.75 Å². The van der Waals surface area contributed by atoms with Crippen molar-refractivity contribution in [3.63, 3.8) is 0 Å². The Balaban J connectivity index is 2.63. The van der Waals surface area contributed by atoms with Crippen LogP contribution < -0.4 is 4.18 Å². The molecule has 0 aliphatic heterocycles. The predicted molar refractivity (Wildman–Crippen MR) is 80.6 cm³/mol. The summed E-state index contributed by atoms with van der Waals surface area (Å²) in [6.45, 7) is 4.14. The second-order valence-electron chi connectivity index (χ2n) is 4.86. The molecule has 21 heavy (non-hydrogen) atoms. The molecule has 1 aromatic carbocycles. The first kappa shape index (κ1) is 17.9. The Morgan fingerprint density at radius 1 is 1.10 bits per heavy atom. The third kappa shape index (κ3) is 6.92. The average molecular weight is 336 g/mol. The molecule has 0 bridgehead atoms. The lowest BCUT2D eigenvalue weighted by atomic mass is 9.99. The van der Waals surface area contributed by atoms with Crippen LogP contribution in [-0.2, 0) is 20.2 Å². The van der Waals surface area contributed by atoms with Gasteiger partial charge in [0.05, 0.1) is 11.5 Å². The minimum Gasteiger partial charge on any atom is -0.382 e. The summed E-state index contributed by atoms with van der Waals surface area (Å²) in [6.07, 6.45) is 0.764. The van der Waals surface area contributed by atoms with Gasteiger partial charge in [0, 0.05) is 0 Å². The van der Waals surface area contributed by atoms with E-state index in [0.29, 0.717) is 5.92 Å². The predicted octanol–water partition coefficient (Wildman–Crippen LogP) is 2.19. The fourth-order valence-corrected chi connectivity index (χ4v) is 3.37. The molecule has 0 spiro atoms. The Bertz CT molecular complexity index is 646. The van der Waals surface area contributed by atoms with Gasteiger partial charge in [-0.3, -0.25) is 4.55 Å². The van der Waals surface area contributed by atoms with E-state index in [1.54, 1.807) is 24.3 Å². The van der Waals surface area contributed by atoms with Gasteiger partial charge in [-0.25, -0.2) is 0 Å². The van der Waals surface area contributed by atoms with Crippen molar-refractivity contribution in [2.75, 3.05) is 11.5 Å². The van der Waals surface area contributed by atoms with Crippen LogP contribution in [0.4, 0.5) is 0 Å². The van der Waals surface area contributed by atoms with Gasteiger partial charge in [0.25, 0.3) is 10.1 Å². The molecule has 1 N–H and O–H groups in total. The fraction of sp³-hybridized carbons (Fsp3) is 0.538. The average Bonchev–Trinajstić information content (AvgIpc) is 2.36. The summed E-state index contributed by atoms with van der Waals surface area (Å²) >= 11 is 0. The zero-order valence-electron chi connectivity index (χ0n) is 12.0. The zero-order valence-corrected chi connectivity index (χ0v) is 13.7. The summed E-state index contributed by atoms with van der Waals surface area (Å²) in [7, 11) is -8.03. The maximum atomic E-state index is 11.7. The number of benzene rings is 1. The molecule has 1 rings (SSSR count). The first-order valence-corrected chi connectivity index (χ1v) is 9.79. The van der Waals surface area contributed by atoms with Crippen molar-refractivity contribution in [1.29, 1.82) is 0 Å². The zero-order chi connectivity index (χ0) is 16.1. The van der Waals surface area contributed by atoms with Crippen LogP contribution >= 0.6 is 0 Å². The highest BCUT2D eigenvalue weighted by Gasteiger charge is 2.15. The highest BCUT2D eigenvalue weighted by Crippen LogP contribution is 2.22. The fourth-order valence-electron chi connectivity index (χ4n) is 1.69. The van der Waals surface area contributed by atoms with E-state index >= 15 is 0 Å². The van der Waals surface area contributed by atoms with Gasteiger partial charge < -0.3 is 4.18 Å². The Labute approximate surface area is 126 Å². The molecular formula is C13H20O6S2. The maximum Gasteiger partial charge on any atom is 0.309 e. The van der Waals surface area contributed by atoms with Crippen LogP contribution in [0.25, 0.3) is 0 Å². The van der Waals surface area contributed by atoms with E-state index in [2.05, 4.69) is 13.8 Å². The lowest BCUT2D eigenvalue weighted by molar-refractivity contribution is 0.478. The molecule has 1 aromatic rings. The van der Waals surface area contributed by atoms with Crippen molar-refractivity contribution in [2.45, 2.75) is 32.6 Å². The van der Waals surface area contributed by atoms with Gasteiger partial charge in [-0.05, 0) is 36.5 Å². The van der Waals surface area contributed by atoms with Crippen molar-refractivity contribution in [3.05, 3.63) is 29.8 Å². The molecule has 0 amide bonds. The highest BCUT2D eigenvalue weighted by molar-refractivity contribution is 7.87. The molecule has 0 heterocycles. The molecule has 0 saturated carbocycles. The highest BCUT2D eigenvalue weighted by atomic mass is 32.2. The van der Waals surface area contributed by atoms with Crippen LogP contribution in [0, 0.1) is 0 Å². The molecule has 0 saturated heterocycles.